The molecule has 0 saturated carbocycles. The van der Waals surface area contributed by atoms with E-state index in [4.69, 9.17) is 0 Å². The fourth-order valence-corrected chi connectivity index (χ4v) is 3.48. The fourth-order valence-electron chi connectivity index (χ4n) is 0.920. The number of aromatic nitrogens is 1. The van der Waals surface area contributed by atoms with E-state index in [1.165, 1.54) is 22.7 Å². The molecule has 7 heteroatoms. The smallest absolute Gasteiger partial charge is 0.259 e. The highest BCUT2D eigenvalue weighted by atomic mass is 79.9. The van der Waals surface area contributed by atoms with Gasteiger partial charge >= 0.3 is 0 Å². The van der Waals surface area contributed by atoms with E-state index in [-0.39, 0.29) is 5.91 Å². The van der Waals surface area contributed by atoms with Gasteiger partial charge in [-0.15, -0.1) is 0 Å². The number of hydrogen-bond donors (Lipinski definition) is 1. The first kappa shape index (κ1) is 11.3. The number of nitrogens with zero attached hydrogens (tertiary/aromatic N) is 1. The Morgan fingerprint density at radius 2 is 2.20 bits per heavy atom. The van der Waals surface area contributed by atoms with E-state index in [9.17, 15) is 4.79 Å². The quantitative estimate of drug-likeness (QED) is 0.872. The number of carbonyl (C=O) groups is 1. The number of rotatable bonds is 2. The number of nitrogens with one attached hydrogen (secondary N) is 1. The molecule has 1 N–H and O–H groups in total. The van der Waals surface area contributed by atoms with Crippen LogP contribution in [-0.4, -0.2) is 10.9 Å². The zero-order valence-corrected chi connectivity index (χ0v) is 12.0. The van der Waals surface area contributed by atoms with Crippen LogP contribution >= 0.6 is 54.5 Å². The van der Waals surface area contributed by atoms with Crippen LogP contribution in [0.4, 0.5) is 5.13 Å². The lowest BCUT2D eigenvalue weighted by atomic mass is 10.3. The van der Waals surface area contributed by atoms with Gasteiger partial charge in [-0.3, -0.25) is 10.1 Å². The Hall–Kier alpha value is -0.240. The van der Waals surface area contributed by atoms with Crippen LogP contribution in [-0.2, 0) is 0 Å². The van der Waals surface area contributed by atoms with Crippen molar-refractivity contribution in [2.24, 2.45) is 0 Å². The summed E-state index contributed by atoms with van der Waals surface area (Å²) in [6.07, 6.45) is 1.66. The summed E-state index contributed by atoms with van der Waals surface area (Å²) >= 11 is 9.45. The first-order valence-electron chi connectivity index (χ1n) is 3.81. The van der Waals surface area contributed by atoms with Crippen molar-refractivity contribution in [3.05, 3.63) is 30.8 Å². The minimum Gasteiger partial charge on any atom is -0.298 e. The van der Waals surface area contributed by atoms with Crippen molar-refractivity contribution in [2.45, 2.75) is 0 Å². The first-order chi connectivity index (χ1) is 7.16. The summed E-state index contributed by atoms with van der Waals surface area (Å²) in [5.74, 6) is -0.148. The molecule has 0 spiro atoms. The van der Waals surface area contributed by atoms with E-state index in [0.29, 0.717) is 10.7 Å². The van der Waals surface area contributed by atoms with Gasteiger partial charge in [0.05, 0.1) is 15.5 Å². The second kappa shape index (κ2) is 4.73. The molecule has 2 aromatic heterocycles. The Labute approximate surface area is 111 Å². The summed E-state index contributed by atoms with van der Waals surface area (Å²) < 4.78 is 1.70. The Bertz CT molecular complexity index is 494. The lowest BCUT2D eigenvalue weighted by Gasteiger charge is -1.98. The number of hydrogen-bond acceptors (Lipinski definition) is 4. The average molecular weight is 368 g/mol. The maximum Gasteiger partial charge on any atom is 0.259 e. The van der Waals surface area contributed by atoms with Crippen molar-refractivity contribution in [3.63, 3.8) is 0 Å². The molecule has 15 heavy (non-hydrogen) atoms. The number of thiophene rings is 1. The Balaban J connectivity index is 2.14. The molecule has 0 saturated heterocycles. The summed E-state index contributed by atoms with van der Waals surface area (Å²) in [6.45, 7) is 0. The van der Waals surface area contributed by atoms with Gasteiger partial charge in [-0.25, -0.2) is 4.98 Å². The molecule has 0 aliphatic heterocycles. The van der Waals surface area contributed by atoms with Gasteiger partial charge in [-0.05, 0) is 31.9 Å². The molecule has 78 valence electrons. The zero-order valence-electron chi connectivity index (χ0n) is 7.16. The highest BCUT2D eigenvalue weighted by molar-refractivity contribution is 9.11. The minimum absolute atomic E-state index is 0.148. The van der Waals surface area contributed by atoms with Crippen molar-refractivity contribution in [1.29, 1.82) is 0 Å². The zero-order chi connectivity index (χ0) is 10.8. The molecule has 3 nitrogen and oxygen atoms in total. The summed E-state index contributed by atoms with van der Waals surface area (Å²) in [6, 6.07) is 0. The van der Waals surface area contributed by atoms with E-state index in [0.717, 1.165) is 8.26 Å². The molecular formula is C8H4Br2N2OS2. The second-order valence-electron chi connectivity index (χ2n) is 2.56. The highest BCUT2D eigenvalue weighted by Gasteiger charge is 2.12. The van der Waals surface area contributed by atoms with Crippen LogP contribution < -0.4 is 5.32 Å². The van der Waals surface area contributed by atoms with Crippen LogP contribution in [0.2, 0.25) is 0 Å². The number of thiazole rings is 1. The number of anilines is 1. The van der Waals surface area contributed by atoms with E-state index in [1.54, 1.807) is 11.6 Å². The normalized spacial score (nSPS) is 10.3. The van der Waals surface area contributed by atoms with E-state index in [2.05, 4.69) is 42.2 Å². The molecule has 0 fully saturated rings. The maximum absolute atomic E-state index is 11.7. The molecule has 2 heterocycles. The molecule has 0 aliphatic carbocycles. The Kier molecular flexibility index (Phi) is 3.55. The van der Waals surface area contributed by atoms with Gasteiger partial charge in [0.2, 0.25) is 0 Å². The van der Waals surface area contributed by atoms with Gasteiger partial charge < -0.3 is 0 Å². The Morgan fingerprint density at radius 3 is 2.73 bits per heavy atom. The van der Waals surface area contributed by atoms with Gasteiger partial charge in [-0.1, -0.05) is 11.3 Å². The number of carbonyl (C=O) groups excluding carboxylic acids is 1. The minimum atomic E-state index is -0.148. The van der Waals surface area contributed by atoms with Crippen LogP contribution in [0.25, 0.3) is 0 Å². The third kappa shape index (κ3) is 2.66. The van der Waals surface area contributed by atoms with Crippen molar-refractivity contribution >= 4 is 65.6 Å². The van der Waals surface area contributed by atoms with Crippen molar-refractivity contribution < 1.29 is 4.79 Å². The van der Waals surface area contributed by atoms with E-state index in [1.807, 2.05) is 5.38 Å². The summed E-state index contributed by atoms with van der Waals surface area (Å²) in [5, 5.41) is 6.97. The van der Waals surface area contributed by atoms with Crippen LogP contribution in [0, 0.1) is 0 Å². The number of amides is 1. The third-order valence-corrected chi connectivity index (χ3v) is 4.65. The standard InChI is InChI=1S/C8H4Br2N2OS2/c9-5-3-14-2-4(5)7(13)12-8-11-1-6(10)15-8/h1-3H,(H,11,12,13). The van der Waals surface area contributed by atoms with Gasteiger partial charge in [0, 0.05) is 15.2 Å². The van der Waals surface area contributed by atoms with Crippen molar-refractivity contribution in [3.8, 4) is 0 Å². The second-order valence-corrected chi connectivity index (χ2v) is 6.56. The summed E-state index contributed by atoms with van der Waals surface area (Å²) in [4.78, 5) is 15.7. The monoisotopic (exact) mass is 366 g/mol. The molecule has 0 aliphatic rings. The molecule has 0 aromatic carbocycles. The largest absolute Gasteiger partial charge is 0.298 e. The summed E-state index contributed by atoms with van der Waals surface area (Å²) in [5.41, 5.74) is 0.631. The average Bonchev–Trinajstić information content (AvgIpc) is 2.75. The van der Waals surface area contributed by atoms with Crippen LogP contribution in [0.1, 0.15) is 10.4 Å². The highest BCUT2D eigenvalue weighted by Crippen LogP contribution is 2.26. The van der Waals surface area contributed by atoms with E-state index >= 15 is 0 Å². The van der Waals surface area contributed by atoms with Gasteiger partial charge in [0.25, 0.3) is 5.91 Å². The molecule has 0 radical (unpaired) electrons. The maximum atomic E-state index is 11.7. The van der Waals surface area contributed by atoms with Crippen molar-refractivity contribution in [1.82, 2.24) is 4.98 Å². The molecular weight excluding hydrogens is 364 g/mol. The Morgan fingerprint density at radius 1 is 1.40 bits per heavy atom. The molecule has 2 rings (SSSR count). The van der Waals surface area contributed by atoms with Crippen LogP contribution in [0.5, 0.6) is 0 Å². The lowest BCUT2D eigenvalue weighted by Crippen LogP contribution is -2.10. The number of halogens is 2. The third-order valence-electron chi connectivity index (χ3n) is 1.56. The lowest BCUT2D eigenvalue weighted by molar-refractivity contribution is 0.102. The molecule has 0 bridgehead atoms. The predicted octanol–water partition coefficient (Wildman–Crippen LogP) is 3.98. The van der Waals surface area contributed by atoms with Gasteiger partial charge in [0.15, 0.2) is 5.13 Å². The topological polar surface area (TPSA) is 42.0 Å². The van der Waals surface area contributed by atoms with Gasteiger partial charge in [-0.2, -0.15) is 11.3 Å². The first-order valence-corrected chi connectivity index (χ1v) is 7.15. The molecule has 1 amide bonds. The SMILES string of the molecule is O=C(Nc1ncc(Br)s1)c1cscc1Br. The van der Waals surface area contributed by atoms with Gasteiger partial charge in [0.1, 0.15) is 0 Å². The molecule has 2 aromatic rings. The molecule has 0 atom stereocenters. The molecule has 0 unspecified atom stereocenters. The summed E-state index contributed by atoms with van der Waals surface area (Å²) in [7, 11) is 0. The predicted molar refractivity (Wildman–Crippen MR) is 69.8 cm³/mol. The fraction of sp³-hybridized carbons (Fsp3) is 0. The van der Waals surface area contributed by atoms with Crippen LogP contribution in [0.15, 0.2) is 25.2 Å². The van der Waals surface area contributed by atoms with Crippen LogP contribution in [0.3, 0.4) is 0 Å². The van der Waals surface area contributed by atoms with E-state index < -0.39 is 0 Å². The van der Waals surface area contributed by atoms with Crippen molar-refractivity contribution in [2.75, 3.05) is 5.32 Å².